The van der Waals surface area contributed by atoms with Gasteiger partial charge in [0.25, 0.3) is 11.6 Å². The number of hydrogen-bond donors (Lipinski definition) is 1. The molecule has 0 bridgehead atoms. The molecule has 2 aliphatic heterocycles. The first-order valence-corrected chi connectivity index (χ1v) is 8.86. The fourth-order valence-corrected chi connectivity index (χ4v) is 4.05. The van der Waals surface area contributed by atoms with Crippen molar-refractivity contribution in [3.8, 4) is 0 Å². The highest BCUT2D eigenvalue weighted by molar-refractivity contribution is 5.96. The monoisotopic (exact) mass is 321 g/mol. The summed E-state index contributed by atoms with van der Waals surface area (Å²) in [5, 5.41) is 11.6. The number of rotatable bonds is 2. The molecular formula is C21H25N2O+. The number of amidine groups is 1. The van der Waals surface area contributed by atoms with E-state index >= 15 is 0 Å². The molecule has 24 heavy (non-hydrogen) atoms. The third kappa shape index (κ3) is 2.35. The van der Waals surface area contributed by atoms with Gasteiger partial charge in [0.1, 0.15) is 5.69 Å². The average molecular weight is 321 g/mol. The summed E-state index contributed by atoms with van der Waals surface area (Å²) in [6.45, 7) is 5.74. The predicted molar refractivity (Wildman–Crippen MR) is 97.6 cm³/mol. The smallest absolute Gasteiger partial charge is 0.271 e. The quantitative estimate of drug-likeness (QED) is 0.856. The highest BCUT2D eigenvalue weighted by atomic mass is 16.3. The Labute approximate surface area is 143 Å². The summed E-state index contributed by atoms with van der Waals surface area (Å²) in [5.41, 5.74) is 3.74. The predicted octanol–water partition coefficient (Wildman–Crippen LogP) is 3.56. The molecule has 0 unspecified atom stereocenters. The lowest BCUT2D eigenvalue weighted by molar-refractivity contribution is -0.661. The van der Waals surface area contributed by atoms with Gasteiger partial charge in [-0.1, -0.05) is 48.0 Å². The molecular weight excluding hydrogens is 296 g/mol. The van der Waals surface area contributed by atoms with Gasteiger partial charge in [0.2, 0.25) is 0 Å². The van der Waals surface area contributed by atoms with E-state index in [2.05, 4.69) is 71.9 Å². The number of aryl methyl sites for hydroxylation is 2. The molecule has 0 amide bonds. The third-order valence-corrected chi connectivity index (χ3v) is 5.40. The second kappa shape index (κ2) is 5.75. The second-order valence-electron chi connectivity index (χ2n) is 7.08. The van der Waals surface area contributed by atoms with Crippen molar-refractivity contribution >= 4 is 11.5 Å². The molecule has 0 radical (unpaired) electrons. The van der Waals surface area contributed by atoms with E-state index in [0.717, 1.165) is 24.9 Å². The van der Waals surface area contributed by atoms with E-state index in [4.69, 9.17) is 0 Å². The minimum absolute atomic E-state index is 0.593. The maximum atomic E-state index is 11.6. The Balaban J connectivity index is 1.82. The third-order valence-electron chi connectivity index (χ3n) is 5.40. The van der Waals surface area contributed by atoms with Gasteiger partial charge in [0.15, 0.2) is 6.54 Å². The Bertz CT molecular complexity index is 794. The van der Waals surface area contributed by atoms with Crippen molar-refractivity contribution in [2.24, 2.45) is 0 Å². The maximum Gasteiger partial charge on any atom is 0.271 e. The van der Waals surface area contributed by atoms with Crippen LogP contribution in [-0.4, -0.2) is 28.6 Å². The summed E-state index contributed by atoms with van der Waals surface area (Å²) in [6.07, 6.45) is 3.36. The topological polar surface area (TPSA) is 26.5 Å². The van der Waals surface area contributed by atoms with Crippen LogP contribution in [-0.2, 0) is 5.72 Å². The average Bonchev–Trinajstić information content (AvgIpc) is 2.90. The first-order valence-electron chi connectivity index (χ1n) is 8.86. The molecule has 3 heteroatoms. The van der Waals surface area contributed by atoms with Crippen LogP contribution in [0, 0.1) is 13.8 Å². The lowest BCUT2D eigenvalue weighted by Gasteiger charge is -2.24. The first-order chi connectivity index (χ1) is 11.6. The lowest BCUT2D eigenvalue weighted by atomic mass is 10.00. The van der Waals surface area contributed by atoms with Gasteiger partial charge in [0.05, 0.1) is 6.54 Å². The van der Waals surface area contributed by atoms with Gasteiger partial charge >= 0.3 is 0 Å². The summed E-state index contributed by atoms with van der Waals surface area (Å²) >= 11 is 0. The first kappa shape index (κ1) is 15.4. The number of aliphatic hydroxyl groups is 1. The summed E-state index contributed by atoms with van der Waals surface area (Å²) in [4.78, 5) is 2.33. The van der Waals surface area contributed by atoms with Crippen LogP contribution >= 0.6 is 0 Å². The Kier molecular flexibility index (Phi) is 3.69. The van der Waals surface area contributed by atoms with E-state index < -0.39 is 5.72 Å². The van der Waals surface area contributed by atoms with E-state index in [-0.39, 0.29) is 0 Å². The normalized spacial score (nSPS) is 23.5. The zero-order chi connectivity index (χ0) is 16.7. The summed E-state index contributed by atoms with van der Waals surface area (Å²) in [5.74, 6) is 1.26. The van der Waals surface area contributed by atoms with Gasteiger partial charge in [0, 0.05) is 12.0 Å². The van der Waals surface area contributed by atoms with Crippen molar-refractivity contribution < 1.29 is 9.68 Å². The van der Waals surface area contributed by atoms with E-state index in [1.54, 1.807) is 0 Å². The van der Waals surface area contributed by atoms with Gasteiger partial charge < -0.3 is 5.11 Å². The minimum atomic E-state index is -0.939. The van der Waals surface area contributed by atoms with Crippen LogP contribution in [0.25, 0.3) is 0 Å². The van der Waals surface area contributed by atoms with Crippen molar-refractivity contribution in [1.82, 2.24) is 0 Å². The molecule has 2 aromatic carbocycles. The highest BCUT2D eigenvalue weighted by Crippen LogP contribution is 2.36. The zero-order valence-electron chi connectivity index (χ0n) is 14.5. The molecule has 0 fully saturated rings. The molecule has 124 valence electrons. The number of benzene rings is 2. The maximum absolute atomic E-state index is 11.6. The van der Waals surface area contributed by atoms with Gasteiger partial charge in [-0.2, -0.15) is 0 Å². The van der Waals surface area contributed by atoms with Crippen LogP contribution in [0.5, 0.6) is 0 Å². The minimum Gasteiger partial charge on any atom is -0.346 e. The van der Waals surface area contributed by atoms with E-state index in [1.165, 1.54) is 29.1 Å². The molecule has 3 nitrogen and oxygen atoms in total. The zero-order valence-corrected chi connectivity index (χ0v) is 14.5. The SMILES string of the molecule is Cc1ccc([C@]2(O)CN(c3ccccc3C)C3=[N+]2CCCC3)cc1. The fourth-order valence-electron chi connectivity index (χ4n) is 4.05. The summed E-state index contributed by atoms with van der Waals surface area (Å²) in [6, 6.07) is 16.8. The lowest BCUT2D eigenvalue weighted by Crippen LogP contribution is -2.41. The van der Waals surface area contributed by atoms with Crippen molar-refractivity contribution in [1.29, 1.82) is 0 Å². The van der Waals surface area contributed by atoms with Crippen LogP contribution in [0.15, 0.2) is 48.5 Å². The molecule has 0 aliphatic carbocycles. The number of anilines is 1. The van der Waals surface area contributed by atoms with Crippen LogP contribution in [0.1, 0.15) is 36.0 Å². The van der Waals surface area contributed by atoms with Crippen molar-refractivity contribution in [2.75, 3.05) is 18.0 Å². The Morgan fingerprint density at radius 1 is 1.00 bits per heavy atom. The largest absolute Gasteiger partial charge is 0.346 e. The molecule has 1 N–H and O–H groups in total. The molecule has 0 saturated heterocycles. The van der Waals surface area contributed by atoms with Crippen molar-refractivity contribution in [2.45, 2.75) is 38.8 Å². The molecule has 2 aromatic rings. The molecule has 2 heterocycles. The highest BCUT2D eigenvalue weighted by Gasteiger charge is 2.52. The number of nitrogens with zero attached hydrogens (tertiary/aromatic N) is 2. The summed E-state index contributed by atoms with van der Waals surface area (Å²) in [7, 11) is 0. The Morgan fingerprint density at radius 2 is 1.75 bits per heavy atom. The van der Waals surface area contributed by atoms with E-state index in [9.17, 15) is 5.11 Å². The number of para-hydroxylation sites is 1. The molecule has 0 saturated carbocycles. The van der Waals surface area contributed by atoms with Gasteiger partial charge in [-0.05, 0) is 38.3 Å². The fraction of sp³-hybridized carbons (Fsp3) is 0.381. The number of hydrogen-bond acceptors (Lipinski definition) is 2. The van der Waals surface area contributed by atoms with Gasteiger partial charge in [-0.25, -0.2) is 9.48 Å². The summed E-state index contributed by atoms with van der Waals surface area (Å²) < 4.78 is 2.23. The molecule has 1 atom stereocenters. The van der Waals surface area contributed by atoms with Gasteiger partial charge in [-0.3, -0.25) is 0 Å². The van der Waals surface area contributed by atoms with Crippen molar-refractivity contribution in [3.63, 3.8) is 0 Å². The van der Waals surface area contributed by atoms with E-state index in [0.29, 0.717) is 6.54 Å². The van der Waals surface area contributed by atoms with Crippen LogP contribution in [0.2, 0.25) is 0 Å². The number of β-amino-alcohol motifs (C(OH)–C–C–N with tert-alkyl or cyclic N) is 1. The molecule has 4 rings (SSSR count). The Hall–Kier alpha value is -2.13. The van der Waals surface area contributed by atoms with Crippen LogP contribution < -0.4 is 4.90 Å². The standard InChI is InChI=1S/C21H25N2O/c1-16-10-12-18(13-11-16)21(24)15-22(19-8-4-3-7-17(19)2)20-9-5-6-14-23(20)21/h3-4,7-8,10-13,24H,5-6,9,14-15H2,1-2H3/q+1/t21-/m1/s1. The Morgan fingerprint density at radius 3 is 2.50 bits per heavy atom. The van der Waals surface area contributed by atoms with Crippen LogP contribution in [0.4, 0.5) is 5.69 Å². The van der Waals surface area contributed by atoms with E-state index in [1.807, 2.05) is 0 Å². The van der Waals surface area contributed by atoms with Crippen molar-refractivity contribution in [3.05, 3.63) is 65.2 Å². The molecule has 2 aliphatic rings. The van der Waals surface area contributed by atoms with Gasteiger partial charge in [-0.15, -0.1) is 0 Å². The van der Waals surface area contributed by atoms with Crippen LogP contribution in [0.3, 0.4) is 0 Å². The molecule has 0 spiro atoms. The second-order valence-corrected chi connectivity index (χ2v) is 7.08. The molecule has 0 aromatic heterocycles.